The molecule has 1 atom stereocenters. The van der Waals surface area contributed by atoms with Crippen LogP contribution < -0.4 is 0 Å². The van der Waals surface area contributed by atoms with Crippen molar-refractivity contribution in [3.63, 3.8) is 0 Å². The van der Waals surface area contributed by atoms with Crippen molar-refractivity contribution in [1.29, 1.82) is 0 Å². The highest BCUT2D eigenvalue weighted by Gasteiger charge is 2.19. The summed E-state index contributed by atoms with van der Waals surface area (Å²) in [6.45, 7) is 6.26. The van der Waals surface area contributed by atoms with E-state index in [1.165, 1.54) is 25.7 Å². The molecule has 6 heteroatoms. The smallest absolute Gasteiger partial charge is 0.306 e. The molecule has 424 valence electrons. The molecular formula is C70H108O6. The average molecular weight is 1050 g/mol. The van der Waals surface area contributed by atoms with Crippen molar-refractivity contribution >= 4 is 17.9 Å². The predicted octanol–water partition coefficient (Wildman–Crippen LogP) is 20.7. The van der Waals surface area contributed by atoms with Gasteiger partial charge in [-0.1, -0.05) is 242 Å². The Bertz CT molecular complexity index is 1770. The molecule has 6 nitrogen and oxygen atoms in total. The minimum Gasteiger partial charge on any atom is -0.462 e. The molecule has 0 radical (unpaired) electrons. The molecule has 0 heterocycles. The first-order chi connectivity index (χ1) is 37.5. The molecule has 0 bridgehead atoms. The summed E-state index contributed by atoms with van der Waals surface area (Å²) in [5.74, 6) is -1.01. The second kappa shape index (κ2) is 62.3. The zero-order valence-corrected chi connectivity index (χ0v) is 48.4. The lowest BCUT2D eigenvalue weighted by Crippen LogP contribution is -2.30. The minimum absolute atomic E-state index is 0.114. The number of esters is 3. The number of hydrogen-bond acceptors (Lipinski definition) is 6. The number of unbranched alkanes of at least 4 members (excludes halogenated alkanes) is 13. The Morgan fingerprint density at radius 2 is 0.526 bits per heavy atom. The second-order valence-electron chi connectivity index (χ2n) is 19.1. The van der Waals surface area contributed by atoms with Crippen LogP contribution in [0, 0.1) is 0 Å². The molecule has 0 aromatic rings. The van der Waals surface area contributed by atoms with E-state index in [0.29, 0.717) is 12.8 Å². The third-order valence-electron chi connectivity index (χ3n) is 11.9. The summed E-state index contributed by atoms with van der Waals surface area (Å²) < 4.78 is 16.8. The third-order valence-corrected chi connectivity index (χ3v) is 11.9. The maximum absolute atomic E-state index is 12.9. The van der Waals surface area contributed by atoms with E-state index in [2.05, 4.69) is 191 Å². The number of ether oxygens (including phenoxy) is 3. The predicted molar refractivity (Wildman–Crippen MR) is 329 cm³/mol. The number of rotatable bonds is 52. The van der Waals surface area contributed by atoms with Crippen LogP contribution >= 0.6 is 0 Å². The fourth-order valence-electron chi connectivity index (χ4n) is 7.49. The zero-order chi connectivity index (χ0) is 55.0. The van der Waals surface area contributed by atoms with Gasteiger partial charge in [-0.3, -0.25) is 14.4 Å². The Kier molecular flexibility index (Phi) is 58.0. The molecule has 0 aromatic heterocycles. The van der Waals surface area contributed by atoms with E-state index in [-0.39, 0.29) is 44.0 Å². The Labute approximate surface area is 466 Å². The number of carbonyl (C=O) groups is 3. The molecule has 76 heavy (non-hydrogen) atoms. The summed E-state index contributed by atoms with van der Waals surface area (Å²) in [7, 11) is 0. The average Bonchev–Trinajstić information content (AvgIpc) is 3.42. The molecule has 0 aliphatic heterocycles. The van der Waals surface area contributed by atoms with Gasteiger partial charge in [-0.05, 0) is 141 Å². The fraction of sp³-hybridized carbons (Fsp3) is 0.557. The Morgan fingerprint density at radius 3 is 0.868 bits per heavy atom. The van der Waals surface area contributed by atoms with Gasteiger partial charge in [0.15, 0.2) is 6.10 Å². The van der Waals surface area contributed by atoms with Crippen LogP contribution in [-0.4, -0.2) is 37.2 Å². The van der Waals surface area contributed by atoms with Gasteiger partial charge in [0.25, 0.3) is 0 Å². The van der Waals surface area contributed by atoms with Crippen LogP contribution in [0.2, 0.25) is 0 Å². The molecule has 0 aromatic carbocycles. The van der Waals surface area contributed by atoms with Gasteiger partial charge in [0, 0.05) is 19.3 Å². The lowest BCUT2D eigenvalue weighted by molar-refractivity contribution is -0.167. The molecule has 0 aliphatic rings. The summed E-state index contributed by atoms with van der Waals surface area (Å²) in [6.07, 6.45) is 92.2. The highest BCUT2D eigenvalue weighted by molar-refractivity contribution is 5.71. The third kappa shape index (κ3) is 59.6. The van der Waals surface area contributed by atoms with Gasteiger partial charge in [-0.2, -0.15) is 0 Å². The molecule has 0 saturated carbocycles. The summed E-state index contributed by atoms with van der Waals surface area (Å²) in [4.78, 5) is 38.1. The van der Waals surface area contributed by atoms with Crippen LogP contribution in [0.1, 0.15) is 233 Å². The molecule has 0 aliphatic carbocycles. The number of carbonyl (C=O) groups excluding carboxylic acids is 3. The normalized spacial score (nSPS) is 13.4. The van der Waals surface area contributed by atoms with Crippen molar-refractivity contribution in [3.8, 4) is 0 Å². The first kappa shape index (κ1) is 70.8. The van der Waals surface area contributed by atoms with E-state index in [4.69, 9.17) is 14.2 Å². The number of allylic oxidation sites excluding steroid dienone is 28. The van der Waals surface area contributed by atoms with Gasteiger partial charge in [-0.15, -0.1) is 0 Å². The van der Waals surface area contributed by atoms with Crippen molar-refractivity contribution in [1.82, 2.24) is 0 Å². The van der Waals surface area contributed by atoms with Crippen LogP contribution in [0.25, 0.3) is 0 Å². The monoisotopic (exact) mass is 1040 g/mol. The summed E-state index contributed by atoms with van der Waals surface area (Å²) in [5, 5.41) is 0. The van der Waals surface area contributed by atoms with Crippen LogP contribution in [0.15, 0.2) is 170 Å². The van der Waals surface area contributed by atoms with Crippen LogP contribution in [0.5, 0.6) is 0 Å². The van der Waals surface area contributed by atoms with Gasteiger partial charge < -0.3 is 14.2 Å². The maximum atomic E-state index is 12.9. The molecule has 0 N–H and O–H groups in total. The summed E-state index contributed by atoms with van der Waals surface area (Å²) in [5.41, 5.74) is 0. The van der Waals surface area contributed by atoms with E-state index in [9.17, 15) is 14.4 Å². The highest BCUT2D eigenvalue weighted by Crippen LogP contribution is 2.13. The summed E-state index contributed by atoms with van der Waals surface area (Å²) in [6, 6.07) is 0. The standard InChI is InChI=1S/C70H108O6/c1-4-7-10-13-16-19-22-24-26-28-30-31-32-33-34-35-36-37-38-39-41-42-44-46-48-51-54-57-60-63-69(72)75-66-67(65-74-68(71)62-59-56-53-50-21-18-15-12-9-6-3)76-70(73)64-61-58-55-52-49-47-45-43-40-29-27-25-23-20-17-14-11-8-5-2/h7-8,10-12,15-17,19-20,24-27,30-31,33-34,36-37,39-41,43-44,46,51,54,67H,4-6,9,13-14,18,21-23,28-29,32,35,38,42,45,47-50,52-53,55-66H2,1-3H3/b10-7-,11-8-,15-12-,19-16-,20-17-,26-24-,27-25-,31-30-,34-33-,37-36-,41-39-,43-40-,46-44-,54-51-. The van der Waals surface area contributed by atoms with E-state index in [1.54, 1.807) is 0 Å². The van der Waals surface area contributed by atoms with Crippen molar-refractivity contribution in [2.24, 2.45) is 0 Å². The Morgan fingerprint density at radius 1 is 0.276 bits per heavy atom. The SMILES string of the molecule is CC/C=C\C/C=C\C/C=C\C/C=C\C/C=C\C/C=C\C/C=C\C/C=C\C/C=C\CCCC(=O)OCC(COC(=O)CCCCCCC/C=C\CCC)OC(=O)CCCCCCCC/C=C\C/C=C\C/C=C\C/C=C\CC. The van der Waals surface area contributed by atoms with E-state index in [1.807, 2.05) is 0 Å². The van der Waals surface area contributed by atoms with E-state index in [0.717, 1.165) is 161 Å². The molecule has 0 amide bonds. The van der Waals surface area contributed by atoms with Crippen molar-refractivity contribution in [3.05, 3.63) is 170 Å². The number of hydrogen-bond donors (Lipinski definition) is 0. The fourth-order valence-corrected chi connectivity index (χ4v) is 7.49. The molecule has 0 rings (SSSR count). The second-order valence-corrected chi connectivity index (χ2v) is 19.1. The first-order valence-electron chi connectivity index (χ1n) is 30.1. The lowest BCUT2D eigenvalue weighted by atomic mass is 10.1. The first-order valence-corrected chi connectivity index (χ1v) is 30.1. The molecule has 1 unspecified atom stereocenters. The molecule has 0 saturated heterocycles. The van der Waals surface area contributed by atoms with E-state index >= 15 is 0 Å². The van der Waals surface area contributed by atoms with Crippen LogP contribution in [0.3, 0.4) is 0 Å². The molecule has 0 spiro atoms. The maximum Gasteiger partial charge on any atom is 0.306 e. The van der Waals surface area contributed by atoms with Crippen molar-refractivity contribution < 1.29 is 28.6 Å². The van der Waals surface area contributed by atoms with Crippen LogP contribution in [0.4, 0.5) is 0 Å². The van der Waals surface area contributed by atoms with Crippen LogP contribution in [-0.2, 0) is 28.6 Å². The Hall–Kier alpha value is -5.23. The lowest BCUT2D eigenvalue weighted by Gasteiger charge is -2.18. The van der Waals surface area contributed by atoms with Gasteiger partial charge in [0.05, 0.1) is 0 Å². The topological polar surface area (TPSA) is 78.9 Å². The van der Waals surface area contributed by atoms with Crippen molar-refractivity contribution in [2.45, 2.75) is 239 Å². The quantitative estimate of drug-likeness (QED) is 0.0261. The van der Waals surface area contributed by atoms with E-state index < -0.39 is 6.10 Å². The van der Waals surface area contributed by atoms with Crippen molar-refractivity contribution in [2.75, 3.05) is 13.2 Å². The molecule has 0 fully saturated rings. The summed E-state index contributed by atoms with van der Waals surface area (Å²) >= 11 is 0. The largest absolute Gasteiger partial charge is 0.462 e. The minimum atomic E-state index is -0.822. The van der Waals surface area contributed by atoms with Gasteiger partial charge in [0.1, 0.15) is 13.2 Å². The van der Waals surface area contributed by atoms with Gasteiger partial charge in [-0.25, -0.2) is 0 Å². The molecular weight excluding hydrogens is 937 g/mol. The highest BCUT2D eigenvalue weighted by atomic mass is 16.6. The van der Waals surface area contributed by atoms with Gasteiger partial charge >= 0.3 is 17.9 Å². The van der Waals surface area contributed by atoms with Gasteiger partial charge in [0.2, 0.25) is 0 Å². The zero-order valence-electron chi connectivity index (χ0n) is 48.4. The Balaban J connectivity index is 4.44.